The minimum atomic E-state index is -0.117. The molecule has 7 nitrogen and oxygen atoms in total. The van der Waals surface area contributed by atoms with Gasteiger partial charge in [0.05, 0.1) is 12.6 Å². The van der Waals surface area contributed by atoms with E-state index in [1.165, 1.54) is 0 Å². The smallest absolute Gasteiger partial charge is 0.322 e. The number of nitrogens with one attached hydrogen (secondary N) is 1. The second-order valence-corrected chi connectivity index (χ2v) is 5.96. The van der Waals surface area contributed by atoms with Crippen LogP contribution in [0.15, 0.2) is 30.6 Å². The molecule has 2 amide bonds. The van der Waals surface area contributed by atoms with E-state index in [9.17, 15) is 4.79 Å². The van der Waals surface area contributed by atoms with E-state index in [1.807, 2.05) is 40.8 Å². The van der Waals surface area contributed by atoms with Crippen molar-refractivity contribution in [1.82, 2.24) is 19.7 Å². The Balaban J connectivity index is 1.69. The van der Waals surface area contributed by atoms with Gasteiger partial charge in [0.25, 0.3) is 0 Å². The molecule has 0 saturated carbocycles. The summed E-state index contributed by atoms with van der Waals surface area (Å²) in [6, 6.07) is 7.34. The Labute approximate surface area is 141 Å². The van der Waals surface area contributed by atoms with Gasteiger partial charge >= 0.3 is 6.03 Å². The molecule has 1 aromatic heterocycles. The summed E-state index contributed by atoms with van der Waals surface area (Å²) in [5, 5.41) is 11.0. The summed E-state index contributed by atoms with van der Waals surface area (Å²) < 4.78 is 7.48. The average Bonchev–Trinajstić information content (AvgIpc) is 3.21. The minimum absolute atomic E-state index is 0.0305. The lowest BCUT2D eigenvalue weighted by Crippen LogP contribution is -2.35. The molecule has 2 heterocycles. The normalized spacial score (nSPS) is 17.1. The van der Waals surface area contributed by atoms with E-state index in [4.69, 9.17) is 4.74 Å². The first kappa shape index (κ1) is 16.3. The van der Waals surface area contributed by atoms with Crippen molar-refractivity contribution in [3.8, 4) is 5.75 Å². The van der Waals surface area contributed by atoms with Crippen molar-refractivity contribution >= 4 is 11.7 Å². The first-order chi connectivity index (χ1) is 11.7. The quantitative estimate of drug-likeness (QED) is 0.915. The van der Waals surface area contributed by atoms with Crippen molar-refractivity contribution < 1.29 is 9.53 Å². The summed E-state index contributed by atoms with van der Waals surface area (Å²) in [4.78, 5) is 14.5. The lowest BCUT2D eigenvalue weighted by molar-refractivity contribution is 0.204. The molecule has 1 atom stereocenters. The Hall–Kier alpha value is -2.57. The lowest BCUT2D eigenvalue weighted by atomic mass is 10.2. The molecule has 1 aliphatic rings. The fourth-order valence-corrected chi connectivity index (χ4v) is 2.95. The van der Waals surface area contributed by atoms with Gasteiger partial charge in [0.1, 0.15) is 12.1 Å². The van der Waals surface area contributed by atoms with Gasteiger partial charge in [-0.3, -0.25) is 0 Å². The first-order valence-corrected chi connectivity index (χ1v) is 8.33. The monoisotopic (exact) mass is 329 g/mol. The molecule has 1 aromatic carbocycles. The molecular weight excluding hydrogens is 306 g/mol. The van der Waals surface area contributed by atoms with Crippen LogP contribution in [0.5, 0.6) is 5.75 Å². The number of hydrogen-bond acceptors (Lipinski definition) is 4. The molecule has 2 aromatic rings. The van der Waals surface area contributed by atoms with E-state index in [2.05, 4.69) is 22.4 Å². The molecule has 128 valence electrons. The van der Waals surface area contributed by atoms with Gasteiger partial charge in [-0.05, 0) is 31.4 Å². The maximum atomic E-state index is 12.7. The molecular formula is C17H23N5O2. The van der Waals surface area contributed by atoms with Crippen LogP contribution in [0.4, 0.5) is 10.5 Å². The van der Waals surface area contributed by atoms with Crippen LogP contribution in [0.1, 0.15) is 38.1 Å². The molecule has 1 N–H and O–H groups in total. The zero-order valence-electron chi connectivity index (χ0n) is 14.1. The van der Waals surface area contributed by atoms with Crippen LogP contribution in [-0.2, 0) is 7.05 Å². The van der Waals surface area contributed by atoms with Crippen molar-refractivity contribution in [2.24, 2.45) is 7.05 Å². The average molecular weight is 329 g/mol. The standard InChI is InChI=1S/C17H23N5O2/c1-3-10-24-14-7-4-6-13(11-14)19-17(23)22-9-5-8-15(22)16-20-18-12-21(16)2/h4,6-7,11-12,15H,3,5,8-10H2,1-2H3,(H,19,23)/t15-/m1/s1. The molecule has 1 aliphatic heterocycles. The van der Waals surface area contributed by atoms with Gasteiger partial charge in [0.2, 0.25) is 0 Å². The van der Waals surface area contributed by atoms with Crippen molar-refractivity contribution in [1.29, 1.82) is 0 Å². The number of carbonyl (C=O) groups is 1. The third-order valence-corrected chi connectivity index (χ3v) is 4.12. The second kappa shape index (κ2) is 7.33. The molecule has 0 spiro atoms. The zero-order valence-corrected chi connectivity index (χ0v) is 14.1. The summed E-state index contributed by atoms with van der Waals surface area (Å²) in [6.45, 7) is 3.44. The zero-order chi connectivity index (χ0) is 16.9. The van der Waals surface area contributed by atoms with Gasteiger partial charge < -0.3 is 19.5 Å². The molecule has 0 unspecified atom stereocenters. The van der Waals surface area contributed by atoms with Crippen LogP contribution in [0, 0.1) is 0 Å². The number of nitrogens with zero attached hydrogens (tertiary/aromatic N) is 4. The predicted octanol–water partition coefficient (Wildman–Crippen LogP) is 2.97. The van der Waals surface area contributed by atoms with E-state index in [0.717, 1.165) is 43.1 Å². The van der Waals surface area contributed by atoms with Crippen LogP contribution in [0.3, 0.4) is 0 Å². The summed E-state index contributed by atoms with van der Waals surface area (Å²) in [5.74, 6) is 1.59. The van der Waals surface area contributed by atoms with Crippen molar-refractivity contribution in [3.63, 3.8) is 0 Å². The highest BCUT2D eigenvalue weighted by Gasteiger charge is 2.32. The SMILES string of the molecule is CCCOc1cccc(NC(=O)N2CCC[C@@H]2c2nncn2C)c1. The van der Waals surface area contributed by atoms with Crippen LogP contribution >= 0.6 is 0 Å². The highest BCUT2D eigenvalue weighted by atomic mass is 16.5. The third-order valence-electron chi connectivity index (χ3n) is 4.12. The molecule has 24 heavy (non-hydrogen) atoms. The summed E-state index contributed by atoms with van der Waals surface area (Å²) in [6.07, 6.45) is 4.48. The van der Waals surface area contributed by atoms with Gasteiger partial charge in [-0.15, -0.1) is 10.2 Å². The Kier molecular flexibility index (Phi) is 4.98. The van der Waals surface area contributed by atoms with Crippen molar-refractivity contribution in [2.75, 3.05) is 18.5 Å². The number of ether oxygens (including phenoxy) is 1. The number of aromatic nitrogens is 3. The molecule has 1 saturated heterocycles. The van der Waals surface area contributed by atoms with Crippen molar-refractivity contribution in [3.05, 3.63) is 36.4 Å². The molecule has 1 fully saturated rings. The van der Waals surface area contributed by atoms with Crippen LogP contribution < -0.4 is 10.1 Å². The summed E-state index contributed by atoms with van der Waals surface area (Å²) in [7, 11) is 1.90. The summed E-state index contributed by atoms with van der Waals surface area (Å²) in [5.41, 5.74) is 0.734. The Morgan fingerprint density at radius 3 is 3.08 bits per heavy atom. The number of likely N-dealkylation sites (tertiary alicyclic amines) is 1. The Bertz CT molecular complexity index is 700. The number of benzene rings is 1. The maximum absolute atomic E-state index is 12.7. The van der Waals surface area contributed by atoms with E-state index in [-0.39, 0.29) is 12.1 Å². The van der Waals surface area contributed by atoms with Gasteiger partial charge in [-0.25, -0.2) is 4.79 Å². The van der Waals surface area contributed by atoms with E-state index in [0.29, 0.717) is 6.61 Å². The second-order valence-electron chi connectivity index (χ2n) is 5.96. The number of hydrogen-bond donors (Lipinski definition) is 1. The predicted molar refractivity (Wildman–Crippen MR) is 90.9 cm³/mol. The topological polar surface area (TPSA) is 72.3 Å². The molecule has 0 radical (unpaired) electrons. The van der Waals surface area contributed by atoms with E-state index in [1.54, 1.807) is 6.33 Å². The number of anilines is 1. The Morgan fingerprint density at radius 2 is 2.33 bits per heavy atom. The van der Waals surface area contributed by atoms with E-state index < -0.39 is 0 Å². The summed E-state index contributed by atoms with van der Waals surface area (Å²) >= 11 is 0. The largest absolute Gasteiger partial charge is 0.494 e. The fourth-order valence-electron chi connectivity index (χ4n) is 2.95. The Morgan fingerprint density at radius 1 is 1.46 bits per heavy atom. The number of amides is 2. The van der Waals surface area contributed by atoms with Crippen LogP contribution in [0.2, 0.25) is 0 Å². The van der Waals surface area contributed by atoms with Gasteiger partial charge in [0, 0.05) is 25.3 Å². The van der Waals surface area contributed by atoms with Gasteiger partial charge in [0.15, 0.2) is 5.82 Å². The van der Waals surface area contributed by atoms with E-state index >= 15 is 0 Å². The van der Waals surface area contributed by atoms with Crippen LogP contribution in [0.25, 0.3) is 0 Å². The minimum Gasteiger partial charge on any atom is -0.494 e. The maximum Gasteiger partial charge on any atom is 0.322 e. The molecule has 7 heteroatoms. The van der Waals surface area contributed by atoms with Crippen LogP contribution in [-0.4, -0.2) is 38.8 Å². The number of urea groups is 1. The first-order valence-electron chi connectivity index (χ1n) is 8.33. The molecule has 0 bridgehead atoms. The van der Waals surface area contributed by atoms with Gasteiger partial charge in [-0.1, -0.05) is 13.0 Å². The number of aryl methyl sites for hydroxylation is 1. The highest BCUT2D eigenvalue weighted by molar-refractivity contribution is 5.90. The van der Waals surface area contributed by atoms with Crippen molar-refractivity contribution in [2.45, 2.75) is 32.2 Å². The lowest BCUT2D eigenvalue weighted by Gasteiger charge is -2.24. The van der Waals surface area contributed by atoms with Gasteiger partial charge in [-0.2, -0.15) is 0 Å². The fraction of sp³-hybridized carbons (Fsp3) is 0.471. The third kappa shape index (κ3) is 3.50. The highest BCUT2D eigenvalue weighted by Crippen LogP contribution is 2.31. The number of rotatable bonds is 5. The number of carbonyl (C=O) groups excluding carboxylic acids is 1. The molecule has 3 rings (SSSR count). The molecule has 0 aliphatic carbocycles.